The molecule has 1 saturated heterocycles. The second-order valence-corrected chi connectivity index (χ2v) is 6.81. The Morgan fingerprint density at radius 1 is 1.00 bits per heavy atom. The Morgan fingerprint density at radius 2 is 1.57 bits per heavy atom. The topological polar surface area (TPSA) is 23.5 Å². The van der Waals surface area contributed by atoms with Gasteiger partial charge >= 0.3 is 0 Å². The molecule has 1 fully saturated rings. The Labute approximate surface area is 137 Å². The van der Waals surface area contributed by atoms with Gasteiger partial charge in [-0.1, -0.05) is 56.3 Å². The monoisotopic (exact) mass is 313 g/mol. The molecule has 1 aliphatic rings. The molecule has 0 amide bonds. The van der Waals surface area contributed by atoms with Crippen LogP contribution in [0.1, 0.15) is 25.0 Å². The smallest absolute Gasteiger partial charge is 0.123 e. The Balaban J connectivity index is 1.78. The summed E-state index contributed by atoms with van der Waals surface area (Å²) >= 11 is 0. The van der Waals surface area contributed by atoms with Crippen LogP contribution < -0.4 is 0 Å². The Morgan fingerprint density at radius 3 is 2.13 bits per heavy atom. The van der Waals surface area contributed by atoms with Crippen molar-refractivity contribution in [3.05, 3.63) is 71.5 Å². The lowest BCUT2D eigenvalue weighted by atomic mass is 9.70. The normalized spacial score (nSPS) is 28.7. The van der Waals surface area contributed by atoms with E-state index in [-0.39, 0.29) is 17.7 Å². The number of aliphatic hydroxyl groups is 1. The largest absolute Gasteiger partial charge is 0.385 e. The lowest BCUT2D eigenvalue weighted by Gasteiger charge is -2.48. The van der Waals surface area contributed by atoms with E-state index in [0.29, 0.717) is 0 Å². The van der Waals surface area contributed by atoms with Gasteiger partial charge in [0.05, 0.1) is 5.60 Å². The lowest BCUT2D eigenvalue weighted by molar-refractivity contribution is -0.114. The molecule has 3 rings (SSSR count). The van der Waals surface area contributed by atoms with E-state index in [4.69, 9.17) is 0 Å². The van der Waals surface area contributed by atoms with Crippen molar-refractivity contribution in [3.63, 3.8) is 0 Å². The fourth-order valence-corrected chi connectivity index (χ4v) is 3.87. The van der Waals surface area contributed by atoms with Gasteiger partial charge in [0.1, 0.15) is 5.82 Å². The summed E-state index contributed by atoms with van der Waals surface area (Å²) in [6, 6.07) is 16.7. The van der Waals surface area contributed by atoms with Crippen molar-refractivity contribution in [2.45, 2.75) is 26.0 Å². The van der Waals surface area contributed by atoms with Crippen LogP contribution in [0.4, 0.5) is 4.39 Å². The molecule has 0 saturated carbocycles. The van der Waals surface area contributed by atoms with Crippen LogP contribution in [0.3, 0.4) is 0 Å². The summed E-state index contributed by atoms with van der Waals surface area (Å²) in [4.78, 5) is 2.39. The average Bonchev–Trinajstić information content (AvgIpc) is 2.54. The fraction of sp³-hybridized carbons (Fsp3) is 0.400. The molecule has 1 N–H and O–H groups in total. The van der Waals surface area contributed by atoms with E-state index in [1.165, 1.54) is 17.7 Å². The number of hydrogen-bond acceptors (Lipinski definition) is 2. The summed E-state index contributed by atoms with van der Waals surface area (Å²) in [6.45, 7) is 6.71. The van der Waals surface area contributed by atoms with E-state index < -0.39 is 5.60 Å². The minimum Gasteiger partial charge on any atom is -0.385 e. The van der Waals surface area contributed by atoms with Crippen LogP contribution in [0.15, 0.2) is 54.6 Å². The highest BCUT2D eigenvalue weighted by Crippen LogP contribution is 2.41. The van der Waals surface area contributed by atoms with E-state index in [1.54, 1.807) is 12.1 Å². The zero-order valence-corrected chi connectivity index (χ0v) is 13.7. The summed E-state index contributed by atoms with van der Waals surface area (Å²) in [5.41, 5.74) is 1.21. The average molecular weight is 313 g/mol. The highest BCUT2D eigenvalue weighted by atomic mass is 19.1. The first-order valence-corrected chi connectivity index (χ1v) is 8.25. The number of rotatable bonds is 3. The highest BCUT2D eigenvalue weighted by Gasteiger charge is 2.45. The van der Waals surface area contributed by atoms with Gasteiger partial charge in [-0.3, -0.25) is 4.90 Å². The van der Waals surface area contributed by atoms with Crippen molar-refractivity contribution in [2.24, 2.45) is 11.8 Å². The van der Waals surface area contributed by atoms with Gasteiger partial charge in [-0.2, -0.15) is 0 Å². The van der Waals surface area contributed by atoms with Gasteiger partial charge in [-0.25, -0.2) is 4.39 Å². The predicted octanol–water partition coefficient (Wildman–Crippen LogP) is 3.80. The second kappa shape index (κ2) is 6.42. The Kier molecular flexibility index (Phi) is 4.51. The van der Waals surface area contributed by atoms with Crippen molar-refractivity contribution in [1.29, 1.82) is 0 Å². The lowest BCUT2D eigenvalue weighted by Crippen LogP contribution is -2.54. The van der Waals surface area contributed by atoms with Gasteiger partial charge in [0.2, 0.25) is 0 Å². The molecule has 3 atom stereocenters. The molecule has 0 unspecified atom stereocenters. The molecule has 122 valence electrons. The number of nitrogens with zero attached hydrogens (tertiary/aromatic N) is 1. The molecule has 23 heavy (non-hydrogen) atoms. The number of hydrogen-bond donors (Lipinski definition) is 1. The summed E-state index contributed by atoms with van der Waals surface area (Å²) in [5.74, 6) is -0.0972. The quantitative estimate of drug-likeness (QED) is 0.931. The van der Waals surface area contributed by atoms with Crippen LogP contribution in [0.5, 0.6) is 0 Å². The van der Waals surface area contributed by atoms with Gasteiger partial charge in [-0.15, -0.1) is 0 Å². The van der Waals surface area contributed by atoms with E-state index >= 15 is 0 Å². The van der Waals surface area contributed by atoms with Gasteiger partial charge in [0, 0.05) is 31.5 Å². The Bertz CT molecular complexity index is 628. The third-order valence-corrected chi connectivity index (χ3v) is 5.12. The van der Waals surface area contributed by atoms with Crippen molar-refractivity contribution in [1.82, 2.24) is 4.90 Å². The molecule has 2 aromatic carbocycles. The van der Waals surface area contributed by atoms with Gasteiger partial charge < -0.3 is 5.11 Å². The molecule has 0 bridgehead atoms. The van der Waals surface area contributed by atoms with E-state index in [0.717, 1.165) is 25.2 Å². The zero-order valence-electron chi connectivity index (χ0n) is 13.7. The fourth-order valence-electron chi connectivity index (χ4n) is 3.87. The van der Waals surface area contributed by atoms with Crippen LogP contribution in [-0.4, -0.2) is 23.1 Å². The summed E-state index contributed by atoms with van der Waals surface area (Å²) in [6.07, 6.45) is 0. The summed E-state index contributed by atoms with van der Waals surface area (Å²) < 4.78 is 13.2. The van der Waals surface area contributed by atoms with Crippen LogP contribution in [0.25, 0.3) is 0 Å². The van der Waals surface area contributed by atoms with E-state index in [9.17, 15) is 9.50 Å². The van der Waals surface area contributed by atoms with Crippen LogP contribution >= 0.6 is 0 Å². The van der Waals surface area contributed by atoms with Crippen molar-refractivity contribution >= 4 is 0 Å². The SMILES string of the molecule is C[C@@H]1CN(Cc2ccccc2)C[C@H](C)[C@]1(O)c1ccc(F)cc1. The molecule has 2 aromatic rings. The molecule has 3 heteroatoms. The molecule has 0 spiro atoms. The van der Waals surface area contributed by atoms with Crippen LogP contribution in [0, 0.1) is 17.7 Å². The minimum absolute atomic E-state index is 0.0837. The van der Waals surface area contributed by atoms with Gasteiger partial charge in [0.15, 0.2) is 0 Å². The molecule has 0 radical (unpaired) electrons. The third-order valence-electron chi connectivity index (χ3n) is 5.12. The first-order valence-electron chi connectivity index (χ1n) is 8.25. The Hall–Kier alpha value is -1.71. The predicted molar refractivity (Wildman–Crippen MR) is 90.3 cm³/mol. The van der Waals surface area contributed by atoms with E-state index in [2.05, 4.69) is 43.0 Å². The molecule has 0 aromatic heterocycles. The molecular formula is C20H24FNO. The maximum Gasteiger partial charge on any atom is 0.123 e. The molecule has 0 aliphatic carbocycles. The summed E-state index contributed by atoms with van der Waals surface area (Å²) in [7, 11) is 0. The number of piperidine rings is 1. The van der Waals surface area contributed by atoms with Crippen LogP contribution in [0.2, 0.25) is 0 Å². The van der Waals surface area contributed by atoms with Gasteiger partial charge in [0.25, 0.3) is 0 Å². The zero-order chi connectivity index (χ0) is 16.4. The first-order chi connectivity index (χ1) is 11.0. The maximum atomic E-state index is 13.2. The van der Waals surface area contributed by atoms with Crippen LogP contribution in [-0.2, 0) is 12.1 Å². The molecular weight excluding hydrogens is 289 g/mol. The minimum atomic E-state index is -0.902. The van der Waals surface area contributed by atoms with Gasteiger partial charge in [-0.05, 0) is 23.3 Å². The molecule has 1 heterocycles. The standard InChI is InChI=1S/C20H24FNO/c1-15-12-22(14-17-6-4-3-5-7-17)13-16(2)20(15,23)18-8-10-19(21)11-9-18/h3-11,15-16,23H,12-14H2,1-2H3/t15-,16+,20+. The molecule has 1 aliphatic heterocycles. The number of likely N-dealkylation sites (tertiary alicyclic amines) is 1. The first kappa shape index (κ1) is 16.2. The van der Waals surface area contributed by atoms with Crippen molar-refractivity contribution < 1.29 is 9.50 Å². The molecule has 2 nitrogen and oxygen atoms in total. The maximum absolute atomic E-state index is 13.2. The number of halogens is 1. The second-order valence-electron chi connectivity index (χ2n) is 6.81. The summed E-state index contributed by atoms with van der Waals surface area (Å²) in [5, 5.41) is 11.3. The van der Waals surface area contributed by atoms with E-state index in [1.807, 2.05) is 6.07 Å². The highest BCUT2D eigenvalue weighted by molar-refractivity contribution is 5.26. The van der Waals surface area contributed by atoms with Crippen molar-refractivity contribution in [2.75, 3.05) is 13.1 Å². The number of benzene rings is 2. The van der Waals surface area contributed by atoms with Crippen molar-refractivity contribution in [3.8, 4) is 0 Å². The third kappa shape index (κ3) is 3.17.